The zero-order valence-electron chi connectivity index (χ0n) is 12.4. The minimum Gasteiger partial charge on any atom is -0.385 e. The summed E-state index contributed by atoms with van der Waals surface area (Å²) >= 11 is 0. The average molecular weight is 279 g/mol. The molecule has 1 aromatic heterocycles. The van der Waals surface area contributed by atoms with E-state index in [0.29, 0.717) is 5.92 Å². The highest BCUT2D eigenvalue weighted by Gasteiger charge is 2.29. The lowest BCUT2D eigenvalue weighted by molar-refractivity contribution is 0.141. The van der Waals surface area contributed by atoms with Gasteiger partial charge in [-0.25, -0.2) is 0 Å². The molecule has 0 bridgehead atoms. The minimum absolute atomic E-state index is 0.582. The second-order valence-corrected chi connectivity index (χ2v) is 6.18. The molecule has 2 fully saturated rings. The topological polar surface area (TPSA) is 51.4 Å². The number of hydrogen-bond donors (Lipinski definition) is 0. The van der Waals surface area contributed by atoms with Crippen LogP contribution in [-0.2, 0) is 11.3 Å². The summed E-state index contributed by atoms with van der Waals surface area (Å²) in [6.45, 7) is 4.02. The normalized spacial score (nSPS) is 21.4. The Labute approximate surface area is 120 Å². The fourth-order valence-corrected chi connectivity index (χ4v) is 2.98. The summed E-state index contributed by atoms with van der Waals surface area (Å²) in [5.74, 6) is 3.17. The van der Waals surface area contributed by atoms with Gasteiger partial charge < -0.3 is 9.26 Å². The predicted molar refractivity (Wildman–Crippen MR) is 75.4 cm³/mol. The summed E-state index contributed by atoms with van der Waals surface area (Å²) < 4.78 is 10.5. The Kier molecular flexibility index (Phi) is 4.68. The molecule has 2 aliphatic rings. The van der Waals surface area contributed by atoms with Gasteiger partial charge in [0, 0.05) is 19.6 Å². The Balaban J connectivity index is 1.39. The first kappa shape index (κ1) is 14.0. The van der Waals surface area contributed by atoms with E-state index in [9.17, 15) is 0 Å². The van der Waals surface area contributed by atoms with E-state index in [0.717, 1.165) is 43.9 Å². The Bertz CT molecular complexity index is 409. The summed E-state index contributed by atoms with van der Waals surface area (Å²) in [6.07, 6.45) is 7.52. The Morgan fingerprint density at radius 3 is 2.75 bits per heavy atom. The van der Waals surface area contributed by atoms with Crippen LogP contribution in [0.5, 0.6) is 0 Å². The highest BCUT2D eigenvalue weighted by atomic mass is 16.5. The lowest BCUT2D eigenvalue weighted by Gasteiger charge is -2.30. The molecule has 1 aliphatic heterocycles. The molecular formula is C15H25N3O2. The third-order valence-corrected chi connectivity index (χ3v) is 4.45. The van der Waals surface area contributed by atoms with Crippen LogP contribution in [0.15, 0.2) is 4.52 Å². The molecule has 0 spiro atoms. The average Bonchev–Trinajstić information content (AvgIpc) is 3.22. The number of nitrogens with zero attached hydrogens (tertiary/aromatic N) is 3. The number of methoxy groups -OCH3 is 1. The van der Waals surface area contributed by atoms with Crippen LogP contribution in [0.2, 0.25) is 0 Å². The molecule has 3 rings (SSSR count). The number of aromatic nitrogens is 2. The maximum Gasteiger partial charge on any atom is 0.240 e. The summed E-state index contributed by atoms with van der Waals surface area (Å²) in [6, 6.07) is 0. The van der Waals surface area contributed by atoms with Gasteiger partial charge in [0.05, 0.1) is 6.54 Å². The quantitative estimate of drug-likeness (QED) is 0.718. The fourth-order valence-electron chi connectivity index (χ4n) is 2.98. The van der Waals surface area contributed by atoms with Crippen molar-refractivity contribution in [1.29, 1.82) is 0 Å². The number of ether oxygens (including phenoxy) is 1. The van der Waals surface area contributed by atoms with Gasteiger partial charge in [-0.15, -0.1) is 0 Å². The molecule has 5 heteroatoms. The van der Waals surface area contributed by atoms with Crippen LogP contribution >= 0.6 is 0 Å². The van der Waals surface area contributed by atoms with Crippen molar-refractivity contribution < 1.29 is 9.26 Å². The highest BCUT2D eigenvalue weighted by Crippen LogP contribution is 2.38. The first-order valence-electron chi connectivity index (χ1n) is 7.89. The zero-order chi connectivity index (χ0) is 13.8. The molecule has 1 saturated heterocycles. The van der Waals surface area contributed by atoms with Gasteiger partial charge in [0.15, 0.2) is 5.82 Å². The number of hydrogen-bond acceptors (Lipinski definition) is 5. The predicted octanol–water partition coefficient (Wildman–Crippen LogP) is 2.59. The third-order valence-electron chi connectivity index (χ3n) is 4.45. The fraction of sp³-hybridized carbons (Fsp3) is 0.867. The van der Waals surface area contributed by atoms with Gasteiger partial charge in [-0.2, -0.15) is 4.98 Å². The lowest BCUT2D eigenvalue weighted by atomic mass is 9.92. The molecule has 20 heavy (non-hydrogen) atoms. The van der Waals surface area contributed by atoms with Crippen molar-refractivity contribution in [3.63, 3.8) is 0 Å². The van der Waals surface area contributed by atoms with E-state index in [2.05, 4.69) is 15.0 Å². The van der Waals surface area contributed by atoms with Gasteiger partial charge in [0.25, 0.3) is 0 Å². The largest absolute Gasteiger partial charge is 0.385 e. The smallest absolute Gasteiger partial charge is 0.240 e. The zero-order valence-corrected chi connectivity index (χ0v) is 12.4. The molecule has 1 aromatic rings. The van der Waals surface area contributed by atoms with Gasteiger partial charge in [-0.3, -0.25) is 4.90 Å². The molecular weight excluding hydrogens is 254 g/mol. The van der Waals surface area contributed by atoms with Crippen LogP contribution in [0, 0.1) is 5.92 Å². The van der Waals surface area contributed by atoms with Crippen LogP contribution in [0.25, 0.3) is 0 Å². The highest BCUT2D eigenvalue weighted by molar-refractivity contribution is 5.03. The van der Waals surface area contributed by atoms with Crippen LogP contribution in [0.3, 0.4) is 0 Å². The molecule has 0 aromatic carbocycles. The van der Waals surface area contributed by atoms with E-state index < -0.39 is 0 Å². The van der Waals surface area contributed by atoms with E-state index in [-0.39, 0.29) is 0 Å². The Morgan fingerprint density at radius 1 is 1.25 bits per heavy atom. The first-order chi connectivity index (χ1) is 9.85. The van der Waals surface area contributed by atoms with Gasteiger partial charge in [0.1, 0.15) is 0 Å². The number of rotatable bonds is 7. The van der Waals surface area contributed by atoms with E-state index in [4.69, 9.17) is 9.26 Å². The standard InChI is InChI=1S/C15H25N3O2/c1-19-10-2-3-12-6-8-18(9-7-12)11-14-16-15(17-20-14)13-4-5-13/h12-13H,2-11H2,1H3. The summed E-state index contributed by atoms with van der Waals surface area (Å²) in [4.78, 5) is 6.95. The third kappa shape index (κ3) is 3.79. The molecule has 0 amide bonds. The van der Waals surface area contributed by atoms with E-state index in [1.165, 1.54) is 38.5 Å². The van der Waals surface area contributed by atoms with Crippen LogP contribution in [-0.4, -0.2) is 41.8 Å². The van der Waals surface area contributed by atoms with Gasteiger partial charge >= 0.3 is 0 Å². The van der Waals surface area contributed by atoms with Crippen LogP contribution in [0.1, 0.15) is 56.2 Å². The molecule has 0 unspecified atom stereocenters. The number of likely N-dealkylation sites (tertiary alicyclic amines) is 1. The molecule has 112 valence electrons. The maximum absolute atomic E-state index is 5.36. The molecule has 0 atom stereocenters. The molecule has 5 nitrogen and oxygen atoms in total. The Hall–Kier alpha value is -0.940. The second kappa shape index (κ2) is 6.68. The van der Waals surface area contributed by atoms with Gasteiger partial charge in [-0.05, 0) is 57.5 Å². The molecule has 2 heterocycles. The van der Waals surface area contributed by atoms with Crippen molar-refractivity contribution in [3.8, 4) is 0 Å². The second-order valence-electron chi connectivity index (χ2n) is 6.18. The van der Waals surface area contributed by atoms with Gasteiger partial charge in [0.2, 0.25) is 5.89 Å². The monoisotopic (exact) mass is 279 g/mol. The van der Waals surface area contributed by atoms with Crippen LogP contribution < -0.4 is 0 Å². The maximum atomic E-state index is 5.36. The molecule has 1 saturated carbocycles. The number of piperidine rings is 1. The molecule has 0 radical (unpaired) electrons. The van der Waals surface area contributed by atoms with Crippen molar-refractivity contribution in [2.45, 2.75) is 51.0 Å². The van der Waals surface area contributed by atoms with Crippen molar-refractivity contribution in [2.75, 3.05) is 26.8 Å². The molecule has 1 aliphatic carbocycles. The summed E-state index contributed by atoms with van der Waals surface area (Å²) in [5, 5.41) is 4.08. The molecule has 0 N–H and O–H groups in total. The summed E-state index contributed by atoms with van der Waals surface area (Å²) in [5.41, 5.74) is 0. The first-order valence-corrected chi connectivity index (χ1v) is 7.89. The SMILES string of the molecule is COCCCC1CCN(Cc2nc(C3CC3)no2)CC1. The van der Waals surface area contributed by atoms with E-state index >= 15 is 0 Å². The summed E-state index contributed by atoms with van der Waals surface area (Å²) in [7, 11) is 1.78. The van der Waals surface area contributed by atoms with Crippen molar-refractivity contribution in [3.05, 3.63) is 11.7 Å². The Morgan fingerprint density at radius 2 is 2.05 bits per heavy atom. The van der Waals surface area contributed by atoms with Crippen molar-refractivity contribution in [2.24, 2.45) is 5.92 Å². The minimum atomic E-state index is 0.582. The van der Waals surface area contributed by atoms with Crippen molar-refractivity contribution in [1.82, 2.24) is 15.0 Å². The van der Waals surface area contributed by atoms with Gasteiger partial charge in [-0.1, -0.05) is 5.16 Å². The lowest BCUT2D eigenvalue weighted by Crippen LogP contribution is -2.33. The van der Waals surface area contributed by atoms with Crippen molar-refractivity contribution >= 4 is 0 Å². The van der Waals surface area contributed by atoms with E-state index in [1.54, 1.807) is 7.11 Å². The van der Waals surface area contributed by atoms with Crippen LogP contribution in [0.4, 0.5) is 0 Å². The van der Waals surface area contributed by atoms with E-state index in [1.807, 2.05) is 0 Å².